The summed E-state index contributed by atoms with van der Waals surface area (Å²) in [6.07, 6.45) is 0.415. The number of ether oxygens (including phenoxy) is 2. The molecule has 0 saturated heterocycles. The lowest BCUT2D eigenvalue weighted by atomic mass is 9.68. The smallest absolute Gasteiger partial charge is 0.429 e. The van der Waals surface area contributed by atoms with E-state index < -0.39 is 53.1 Å². The maximum absolute atomic E-state index is 15.0. The van der Waals surface area contributed by atoms with Crippen LogP contribution in [-0.4, -0.2) is 6.11 Å². The zero-order valence-electron chi connectivity index (χ0n) is 26.1. The Morgan fingerprint density at radius 3 is 1.91 bits per heavy atom. The molecule has 0 atom stereocenters. The fourth-order valence-electron chi connectivity index (χ4n) is 7.29. The van der Waals surface area contributed by atoms with Gasteiger partial charge in [-0.3, -0.25) is 0 Å². The molecule has 3 aromatic carbocycles. The lowest BCUT2D eigenvalue weighted by Gasteiger charge is -2.38. The first-order valence-corrected chi connectivity index (χ1v) is 16.2. The minimum Gasteiger partial charge on any atom is -0.429 e. The molecular formula is C37H38F8O2. The van der Waals surface area contributed by atoms with E-state index in [4.69, 9.17) is 0 Å². The lowest BCUT2D eigenvalue weighted by Crippen LogP contribution is -2.25. The van der Waals surface area contributed by atoms with Gasteiger partial charge >= 0.3 is 12.2 Å². The van der Waals surface area contributed by atoms with Gasteiger partial charge in [0.1, 0.15) is 11.6 Å². The Labute approximate surface area is 269 Å². The van der Waals surface area contributed by atoms with Crippen molar-refractivity contribution < 1.29 is 44.6 Å². The molecule has 0 unspecified atom stereocenters. The first-order chi connectivity index (χ1) is 22.3. The Hall–Kier alpha value is -3.56. The number of halogens is 8. The molecule has 10 heteroatoms. The summed E-state index contributed by atoms with van der Waals surface area (Å²) >= 11 is 0. The average Bonchev–Trinajstić information content (AvgIpc) is 3.02. The molecule has 0 amide bonds. The van der Waals surface area contributed by atoms with Gasteiger partial charge in [-0.2, -0.15) is 26.3 Å². The molecule has 2 aliphatic carbocycles. The van der Waals surface area contributed by atoms with E-state index in [2.05, 4.69) is 16.4 Å². The average molecular weight is 667 g/mol. The third-order valence-corrected chi connectivity index (χ3v) is 9.70. The van der Waals surface area contributed by atoms with Gasteiger partial charge in [-0.05, 0) is 103 Å². The molecule has 2 aliphatic rings. The second-order valence-corrected chi connectivity index (χ2v) is 12.8. The van der Waals surface area contributed by atoms with E-state index in [-0.39, 0.29) is 0 Å². The third-order valence-electron chi connectivity index (χ3n) is 9.70. The molecule has 0 radical (unpaired) electrons. The van der Waals surface area contributed by atoms with E-state index in [1.54, 1.807) is 0 Å². The van der Waals surface area contributed by atoms with Crippen molar-refractivity contribution in [1.82, 2.24) is 0 Å². The Kier molecular flexibility index (Phi) is 10.9. The third kappa shape index (κ3) is 8.87. The normalized spacial score (nSPS) is 22.1. The van der Waals surface area contributed by atoms with Crippen LogP contribution >= 0.6 is 0 Å². The minimum absolute atomic E-state index is 0.299. The summed E-state index contributed by atoms with van der Waals surface area (Å²) in [7, 11) is 0. The molecule has 2 nitrogen and oxygen atoms in total. The topological polar surface area (TPSA) is 18.5 Å². The van der Waals surface area contributed by atoms with Crippen LogP contribution in [-0.2, 0) is 6.11 Å². The van der Waals surface area contributed by atoms with Crippen LogP contribution in [0.1, 0.15) is 88.2 Å². The second-order valence-electron chi connectivity index (χ2n) is 12.8. The van der Waals surface area contributed by atoms with Gasteiger partial charge in [0.25, 0.3) is 6.08 Å². The Morgan fingerprint density at radius 2 is 1.34 bits per heavy atom. The molecule has 3 aromatic rings. The Morgan fingerprint density at radius 1 is 0.723 bits per heavy atom. The van der Waals surface area contributed by atoms with Crippen LogP contribution in [0, 0.1) is 29.4 Å². The highest BCUT2D eigenvalue weighted by molar-refractivity contribution is 5.64. The SMILES string of the molecule is CCCC1CCC(C2CCC(c3ccc(-c4ccc(C(F)(F)Oc5ccc(OC(F)(F)C=C(F)F)c(F)c5)c(F)c4)cc3)CC2)CC1. The van der Waals surface area contributed by atoms with Crippen LogP contribution in [0.4, 0.5) is 35.1 Å². The van der Waals surface area contributed by atoms with Crippen molar-refractivity contribution in [3.8, 4) is 22.6 Å². The number of alkyl halides is 4. The summed E-state index contributed by atoms with van der Waals surface area (Å²) in [4.78, 5) is 0. The minimum atomic E-state index is -4.55. The second kappa shape index (κ2) is 14.7. The van der Waals surface area contributed by atoms with Gasteiger partial charge in [-0.1, -0.05) is 62.9 Å². The summed E-state index contributed by atoms with van der Waals surface area (Å²) < 4.78 is 119. The molecule has 0 aliphatic heterocycles. The molecule has 0 N–H and O–H groups in total. The summed E-state index contributed by atoms with van der Waals surface area (Å²) in [6, 6.07) is 12.4. The van der Waals surface area contributed by atoms with E-state index in [0.717, 1.165) is 42.7 Å². The predicted octanol–water partition coefficient (Wildman–Crippen LogP) is 12.4. The standard InChI is InChI=1S/C37H38F8O2/c1-2-3-23-4-6-24(7-5-23)25-8-10-26(11-9-25)27-12-14-28(15-13-27)29-16-18-31(32(38)20-29)37(44,45)46-30-17-19-34(33(39)21-30)47-36(42,43)22-35(40)41/h12-26H,2-11H2,1H3. The highest BCUT2D eigenvalue weighted by Gasteiger charge is 2.38. The Bertz CT molecular complexity index is 1520. The van der Waals surface area contributed by atoms with Crippen LogP contribution in [0.3, 0.4) is 0 Å². The first kappa shape index (κ1) is 34.8. The fraction of sp³-hybridized carbons (Fsp3) is 0.459. The number of hydrogen-bond acceptors (Lipinski definition) is 2. The van der Waals surface area contributed by atoms with Crippen molar-refractivity contribution >= 4 is 0 Å². The zero-order valence-corrected chi connectivity index (χ0v) is 26.1. The van der Waals surface area contributed by atoms with Gasteiger partial charge in [0, 0.05) is 6.07 Å². The van der Waals surface area contributed by atoms with Crippen molar-refractivity contribution in [3.05, 3.63) is 95.6 Å². The van der Waals surface area contributed by atoms with Gasteiger partial charge in [-0.15, -0.1) is 0 Å². The Balaban J connectivity index is 1.18. The van der Waals surface area contributed by atoms with Crippen LogP contribution in [0.25, 0.3) is 11.1 Å². The van der Waals surface area contributed by atoms with Crippen molar-refractivity contribution in [2.45, 2.75) is 89.3 Å². The van der Waals surface area contributed by atoms with E-state index in [0.29, 0.717) is 35.2 Å². The van der Waals surface area contributed by atoms with Gasteiger partial charge in [0.05, 0.1) is 11.6 Å². The van der Waals surface area contributed by atoms with Crippen LogP contribution in [0.15, 0.2) is 72.8 Å². The largest absolute Gasteiger partial charge is 0.429 e. The summed E-state index contributed by atoms with van der Waals surface area (Å²) in [5.74, 6) is -1.83. The van der Waals surface area contributed by atoms with Crippen molar-refractivity contribution in [1.29, 1.82) is 0 Å². The lowest BCUT2D eigenvalue weighted by molar-refractivity contribution is -0.187. The van der Waals surface area contributed by atoms with Crippen molar-refractivity contribution in [3.63, 3.8) is 0 Å². The zero-order chi connectivity index (χ0) is 33.8. The molecule has 2 fully saturated rings. The van der Waals surface area contributed by atoms with Crippen LogP contribution in [0.5, 0.6) is 11.5 Å². The molecule has 254 valence electrons. The maximum Gasteiger partial charge on any atom is 0.429 e. The molecule has 47 heavy (non-hydrogen) atoms. The van der Waals surface area contributed by atoms with Gasteiger partial charge in [0.2, 0.25) is 0 Å². The van der Waals surface area contributed by atoms with Crippen molar-refractivity contribution in [2.24, 2.45) is 17.8 Å². The van der Waals surface area contributed by atoms with E-state index in [1.807, 2.05) is 24.3 Å². The molecule has 5 rings (SSSR count). The van der Waals surface area contributed by atoms with Gasteiger partial charge in [-0.25, -0.2) is 8.78 Å². The van der Waals surface area contributed by atoms with E-state index in [9.17, 15) is 35.1 Å². The highest BCUT2D eigenvalue weighted by atomic mass is 19.3. The molecule has 0 bridgehead atoms. The number of hydrogen-bond donors (Lipinski definition) is 0. The molecule has 2 saturated carbocycles. The maximum atomic E-state index is 15.0. The van der Waals surface area contributed by atoms with Crippen LogP contribution in [0.2, 0.25) is 0 Å². The summed E-state index contributed by atoms with van der Waals surface area (Å²) in [5.41, 5.74) is 1.12. The molecule has 0 heterocycles. The van der Waals surface area contributed by atoms with Gasteiger partial charge < -0.3 is 9.47 Å². The highest BCUT2D eigenvalue weighted by Crippen LogP contribution is 2.45. The van der Waals surface area contributed by atoms with Gasteiger partial charge in [0.15, 0.2) is 11.6 Å². The van der Waals surface area contributed by atoms with E-state index >= 15 is 0 Å². The van der Waals surface area contributed by atoms with Crippen LogP contribution < -0.4 is 9.47 Å². The molecule has 0 aromatic heterocycles. The number of benzene rings is 3. The quantitative estimate of drug-likeness (QED) is 0.190. The molecular weight excluding hydrogens is 628 g/mol. The molecule has 0 spiro atoms. The monoisotopic (exact) mass is 666 g/mol. The number of rotatable bonds is 11. The van der Waals surface area contributed by atoms with E-state index in [1.165, 1.54) is 63.0 Å². The first-order valence-electron chi connectivity index (χ1n) is 16.2. The summed E-state index contributed by atoms with van der Waals surface area (Å²) in [5, 5.41) is 0. The fourth-order valence-corrected chi connectivity index (χ4v) is 7.29. The predicted molar refractivity (Wildman–Crippen MR) is 164 cm³/mol. The van der Waals surface area contributed by atoms with Crippen molar-refractivity contribution in [2.75, 3.05) is 0 Å². The summed E-state index contributed by atoms with van der Waals surface area (Å²) in [6.45, 7) is 2.27.